The van der Waals surface area contributed by atoms with Gasteiger partial charge in [-0.1, -0.05) is 24.3 Å². The van der Waals surface area contributed by atoms with Crippen LogP contribution in [0.4, 0.5) is 19.2 Å². The van der Waals surface area contributed by atoms with Crippen LogP contribution in [0.5, 0.6) is 5.75 Å². The second-order valence-electron chi connectivity index (χ2n) is 7.00. The zero-order valence-corrected chi connectivity index (χ0v) is 16.8. The van der Waals surface area contributed by atoms with Gasteiger partial charge in [-0.3, -0.25) is 0 Å². The Labute approximate surface area is 176 Å². The highest BCUT2D eigenvalue weighted by molar-refractivity contribution is 5.79. The van der Waals surface area contributed by atoms with Gasteiger partial charge in [-0.05, 0) is 36.8 Å². The molecule has 0 aliphatic carbocycles. The number of oxazole rings is 1. The first kappa shape index (κ1) is 22.4. The second-order valence-corrected chi connectivity index (χ2v) is 7.00. The molecule has 1 N–H and O–H groups in total. The number of nitrogens with zero attached hydrogens (tertiary/aromatic N) is 2. The Balaban J connectivity index is 1.58. The van der Waals surface area contributed by atoms with E-state index in [0.717, 1.165) is 12.4 Å². The highest BCUT2D eigenvalue weighted by atomic mass is 19.4. The van der Waals surface area contributed by atoms with Gasteiger partial charge in [0.1, 0.15) is 24.5 Å². The zero-order chi connectivity index (χ0) is 22.6. The Bertz CT molecular complexity index is 1000. The van der Waals surface area contributed by atoms with Crippen LogP contribution >= 0.6 is 0 Å². The summed E-state index contributed by atoms with van der Waals surface area (Å²) in [5, 5.41) is 9.37. The molecule has 3 aromatic rings. The van der Waals surface area contributed by atoms with Crippen LogP contribution in [0.2, 0.25) is 0 Å². The number of ether oxygens (including phenoxy) is 2. The Kier molecular flexibility index (Phi) is 6.40. The molecule has 1 atom stereocenters. The molecule has 0 amide bonds. The predicted octanol–water partition coefficient (Wildman–Crippen LogP) is 4.22. The van der Waals surface area contributed by atoms with Gasteiger partial charge in [0, 0.05) is 7.05 Å². The van der Waals surface area contributed by atoms with Gasteiger partial charge in [0.15, 0.2) is 11.2 Å². The SMILES string of the molecule is CN(CCOc1ccc(C(C)(OCC(F)(F)F)C(=O)O)cc1)c1nc2ccccc2o1. The molecule has 0 bridgehead atoms. The Hall–Kier alpha value is -3.27. The molecule has 3 rings (SSSR count). The fourth-order valence-electron chi connectivity index (χ4n) is 2.78. The molecule has 0 radical (unpaired) electrons. The van der Waals surface area contributed by atoms with E-state index in [1.54, 1.807) is 11.9 Å². The van der Waals surface area contributed by atoms with E-state index in [2.05, 4.69) is 9.72 Å². The summed E-state index contributed by atoms with van der Waals surface area (Å²) in [5.41, 5.74) is -0.647. The monoisotopic (exact) mass is 438 g/mol. The van der Waals surface area contributed by atoms with Gasteiger partial charge in [-0.15, -0.1) is 0 Å². The number of aromatic nitrogens is 1. The van der Waals surface area contributed by atoms with Crippen LogP contribution in [-0.4, -0.2) is 49.0 Å². The van der Waals surface area contributed by atoms with Crippen LogP contribution in [0.15, 0.2) is 52.9 Å². The van der Waals surface area contributed by atoms with Crippen molar-refractivity contribution < 1.29 is 37.0 Å². The number of fused-ring (bicyclic) bond motifs is 1. The van der Waals surface area contributed by atoms with E-state index in [1.165, 1.54) is 24.3 Å². The van der Waals surface area contributed by atoms with Crippen LogP contribution in [0.25, 0.3) is 11.1 Å². The number of carboxylic acid groups (broad SMARTS) is 1. The normalized spacial score (nSPS) is 13.7. The Morgan fingerprint density at radius 1 is 1.16 bits per heavy atom. The van der Waals surface area contributed by atoms with Crippen molar-refractivity contribution in [2.24, 2.45) is 0 Å². The van der Waals surface area contributed by atoms with Crippen molar-refractivity contribution >= 4 is 23.1 Å². The van der Waals surface area contributed by atoms with Gasteiger partial charge < -0.3 is 23.9 Å². The second kappa shape index (κ2) is 8.84. The minimum atomic E-state index is -4.64. The quantitative estimate of drug-likeness (QED) is 0.535. The van der Waals surface area contributed by atoms with Crippen LogP contribution in [0.1, 0.15) is 12.5 Å². The van der Waals surface area contributed by atoms with Gasteiger partial charge in [-0.25, -0.2) is 4.79 Å². The molecule has 0 saturated carbocycles. The molecule has 0 aliphatic heterocycles. The van der Waals surface area contributed by atoms with Crippen molar-refractivity contribution in [2.75, 3.05) is 31.7 Å². The lowest BCUT2D eigenvalue weighted by atomic mass is 9.96. The molecule has 0 fully saturated rings. The standard InChI is InChI=1S/C21H21F3N2O5/c1-20(18(27)28,30-13-21(22,23)24)14-7-9-15(10-8-14)29-12-11-26(2)19-25-16-5-3-4-6-17(16)31-19/h3-10H,11-13H2,1-2H3,(H,27,28). The molecular weight excluding hydrogens is 417 g/mol. The molecule has 2 aromatic carbocycles. The molecule has 0 spiro atoms. The maximum absolute atomic E-state index is 12.5. The number of carbonyl (C=O) groups is 1. The third-order valence-electron chi connectivity index (χ3n) is 4.64. The lowest BCUT2D eigenvalue weighted by molar-refractivity contribution is -0.212. The van der Waals surface area contributed by atoms with E-state index in [9.17, 15) is 23.1 Å². The smallest absolute Gasteiger partial charge is 0.411 e. The molecule has 1 aromatic heterocycles. The van der Waals surface area contributed by atoms with Crippen LogP contribution in [0, 0.1) is 0 Å². The van der Waals surface area contributed by atoms with Gasteiger partial charge in [-0.2, -0.15) is 18.2 Å². The van der Waals surface area contributed by atoms with E-state index < -0.39 is 24.4 Å². The van der Waals surface area contributed by atoms with Crippen molar-refractivity contribution in [3.8, 4) is 5.75 Å². The first-order valence-corrected chi connectivity index (χ1v) is 9.33. The number of carboxylic acids is 1. The van der Waals surface area contributed by atoms with Gasteiger partial charge in [0.05, 0.1) is 6.54 Å². The lowest BCUT2D eigenvalue weighted by Crippen LogP contribution is -2.38. The number of hydrogen-bond acceptors (Lipinski definition) is 6. The zero-order valence-electron chi connectivity index (χ0n) is 16.8. The molecule has 166 valence electrons. The van der Waals surface area contributed by atoms with Crippen LogP contribution in [0.3, 0.4) is 0 Å². The lowest BCUT2D eigenvalue weighted by Gasteiger charge is -2.26. The minimum absolute atomic E-state index is 0.0696. The largest absolute Gasteiger partial charge is 0.492 e. The van der Waals surface area contributed by atoms with Crippen molar-refractivity contribution in [3.05, 3.63) is 54.1 Å². The molecule has 1 unspecified atom stereocenters. The maximum atomic E-state index is 12.5. The molecule has 7 nitrogen and oxygen atoms in total. The summed E-state index contributed by atoms with van der Waals surface area (Å²) < 4.78 is 53.4. The molecule has 1 heterocycles. The summed E-state index contributed by atoms with van der Waals surface area (Å²) in [6.07, 6.45) is -4.64. The highest BCUT2D eigenvalue weighted by Gasteiger charge is 2.41. The Morgan fingerprint density at radius 2 is 1.84 bits per heavy atom. The molecule has 31 heavy (non-hydrogen) atoms. The maximum Gasteiger partial charge on any atom is 0.411 e. The summed E-state index contributed by atoms with van der Waals surface area (Å²) in [4.78, 5) is 17.7. The average molecular weight is 438 g/mol. The van der Waals surface area contributed by atoms with E-state index in [-0.39, 0.29) is 12.2 Å². The number of anilines is 1. The number of rotatable bonds is 9. The topological polar surface area (TPSA) is 85.0 Å². The van der Waals surface area contributed by atoms with Gasteiger partial charge in [0.25, 0.3) is 6.01 Å². The number of benzene rings is 2. The number of para-hydroxylation sites is 2. The van der Waals surface area contributed by atoms with E-state index in [4.69, 9.17) is 9.15 Å². The van der Waals surface area contributed by atoms with Crippen molar-refractivity contribution in [3.63, 3.8) is 0 Å². The molecule has 10 heteroatoms. The summed E-state index contributed by atoms with van der Waals surface area (Å²) in [6.45, 7) is 0.133. The number of likely N-dealkylation sites (N-methyl/N-ethyl adjacent to an activating group) is 1. The molecular formula is C21H21F3N2O5. The fourth-order valence-corrected chi connectivity index (χ4v) is 2.78. The summed E-state index contributed by atoms with van der Waals surface area (Å²) in [5.74, 6) is -1.09. The van der Waals surface area contributed by atoms with E-state index >= 15 is 0 Å². The summed E-state index contributed by atoms with van der Waals surface area (Å²) in [7, 11) is 1.80. The summed E-state index contributed by atoms with van der Waals surface area (Å²) in [6, 6.07) is 13.5. The van der Waals surface area contributed by atoms with Crippen LogP contribution in [-0.2, 0) is 15.1 Å². The van der Waals surface area contributed by atoms with Crippen molar-refractivity contribution in [2.45, 2.75) is 18.7 Å². The fraction of sp³-hybridized carbons (Fsp3) is 0.333. The van der Waals surface area contributed by atoms with Crippen molar-refractivity contribution in [1.29, 1.82) is 0 Å². The third-order valence-corrected chi connectivity index (χ3v) is 4.64. The van der Waals surface area contributed by atoms with Gasteiger partial charge >= 0.3 is 12.1 Å². The minimum Gasteiger partial charge on any atom is -0.492 e. The predicted molar refractivity (Wildman–Crippen MR) is 106 cm³/mol. The van der Waals surface area contributed by atoms with Gasteiger partial charge in [0.2, 0.25) is 0 Å². The number of halogens is 3. The molecule has 0 saturated heterocycles. The number of hydrogen-bond donors (Lipinski definition) is 1. The van der Waals surface area contributed by atoms with Crippen LogP contribution < -0.4 is 9.64 Å². The van der Waals surface area contributed by atoms with E-state index in [1.807, 2.05) is 24.3 Å². The summed E-state index contributed by atoms with van der Waals surface area (Å²) >= 11 is 0. The number of aliphatic carboxylic acids is 1. The highest BCUT2D eigenvalue weighted by Crippen LogP contribution is 2.30. The molecule has 0 aliphatic rings. The Morgan fingerprint density at radius 3 is 2.45 bits per heavy atom. The van der Waals surface area contributed by atoms with Crippen molar-refractivity contribution in [1.82, 2.24) is 4.98 Å². The van der Waals surface area contributed by atoms with E-state index in [0.29, 0.717) is 23.9 Å². The first-order chi connectivity index (χ1) is 14.6. The number of alkyl halides is 3. The third kappa shape index (κ3) is 5.46. The first-order valence-electron chi connectivity index (χ1n) is 9.33. The average Bonchev–Trinajstić information content (AvgIpc) is 3.16.